The summed E-state index contributed by atoms with van der Waals surface area (Å²) in [6, 6.07) is 25.9. The predicted octanol–water partition coefficient (Wildman–Crippen LogP) is 6.65. The minimum atomic E-state index is -0.501. The molecule has 0 atom stereocenters. The van der Waals surface area contributed by atoms with Gasteiger partial charge in [0.1, 0.15) is 5.82 Å². The van der Waals surface area contributed by atoms with Crippen molar-refractivity contribution in [1.29, 1.82) is 0 Å². The Hall–Kier alpha value is -5.43. The molecule has 7 nitrogen and oxygen atoms in total. The van der Waals surface area contributed by atoms with Crippen LogP contribution in [0.3, 0.4) is 0 Å². The molecular weight excluding hydrogens is 520 g/mol. The Labute approximate surface area is 243 Å². The van der Waals surface area contributed by atoms with Crippen molar-refractivity contribution >= 4 is 52.4 Å². The van der Waals surface area contributed by atoms with E-state index in [0.717, 1.165) is 72.9 Å². The zero-order chi connectivity index (χ0) is 29.0. The van der Waals surface area contributed by atoms with Crippen LogP contribution >= 0.6 is 0 Å². The number of allylic oxidation sites excluding steroid dienone is 1. The molecule has 2 amide bonds. The van der Waals surface area contributed by atoms with E-state index in [4.69, 9.17) is 9.97 Å². The van der Waals surface area contributed by atoms with E-state index in [0.29, 0.717) is 5.36 Å². The summed E-state index contributed by atoms with van der Waals surface area (Å²) >= 11 is 0. The maximum atomic E-state index is 12.1. The van der Waals surface area contributed by atoms with Crippen molar-refractivity contribution in [1.82, 2.24) is 9.97 Å². The Bertz CT molecular complexity index is 1990. The van der Waals surface area contributed by atoms with Crippen LogP contribution in [0.25, 0.3) is 17.1 Å². The lowest BCUT2D eigenvalue weighted by atomic mass is 10.1. The maximum Gasteiger partial charge on any atom is 0.367 e. The number of nitrogens with zero attached hydrogens (tertiary/aromatic N) is 6. The molecule has 0 radical (unpaired) electrons. The summed E-state index contributed by atoms with van der Waals surface area (Å²) in [6.07, 6.45) is 5.66. The summed E-state index contributed by atoms with van der Waals surface area (Å²) < 4.78 is 0. The Morgan fingerprint density at radius 2 is 1.14 bits per heavy atom. The molecule has 204 valence electrons. The van der Waals surface area contributed by atoms with Gasteiger partial charge in [0.2, 0.25) is 0 Å². The fourth-order valence-electron chi connectivity index (χ4n) is 5.87. The van der Waals surface area contributed by atoms with E-state index >= 15 is 0 Å². The molecule has 0 saturated heterocycles. The second-order valence-corrected chi connectivity index (χ2v) is 10.6. The first-order valence-corrected chi connectivity index (χ1v) is 13.9. The van der Waals surface area contributed by atoms with Gasteiger partial charge in [-0.1, -0.05) is 66.7 Å². The molecule has 0 aliphatic carbocycles. The zero-order valence-corrected chi connectivity index (χ0v) is 23.8. The van der Waals surface area contributed by atoms with Crippen molar-refractivity contribution in [3.63, 3.8) is 0 Å². The number of rotatable bonds is 3. The molecule has 4 aromatic carbocycles. The topological polar surface area (TPSA) is 74.1 Å². The van der Waals surface area contributed by atoms with Gasteiger partial charge in [-0.2, -0.15) is 9.98 Å². The molecule has 2 aliphatic rings. The highest BCUT2D eigenvalue weighted by Gasteiger charge is 2.38. The number of amides is 2. The fourth-order valence-corrected chi connectivity index (χ4v) is 5.87. The molecule has 42 heavy (non-hydrogen) atoms. The SMILES string of the molecule is Cc1cccc(C)c1N1C(=C/C=c2/cccc3c2=NC(=O)N=C3)N(c2c(C)cccc2C)c2nc3ccccc3nc21. The van der Waals surface area contributed by atoms with Crippen LogP contribution in [0.1, 0.15) is 27.8 Å². The average molecular weight is 549 g/mol. The number of para-hydroxylation sites is 5. The van der Waals surface area contributed by atoms with E-state index in [9.17, 15) is 4.79 Å². The van der Waals surface area contributed by atoms with Gasteiger partial charge in [0.25, 0.3) is 0 Å². The van der Waals surface area contributed by atoms with Crippen LogP contribution < -0.4 is 20.4 Å². The lowest BCUT2D eigenvalue weighted by molar-refractivity contribution is 0.256. The number of anilines is 4. The number of aliphatic imine (C=N–C) groups is 1. The third-order valence-electron chi connectivity index (χ3n) is 7.77. The quantitative estimate of drug-likeness (QED) is 0.252. The number of hydrogen-bond acceptors (Lipinski definition) is 5. The number of urea groups is 1. The van der Waals surface area contributed by atoms with E-state index in [1.54, 1.807) is 6.21 Å². The molecule has 7 rings (SSSR count). The molecule has 2 aliphatic heterocycles. The van der Waals surface area contributed by atoms with Crippen LogP contribution in [-0.2, 0) is 0 Å². The van der Waals surface area contributed by atoms with Crippen molar-refractivity contribution in [3.05, 3.63) is 129 Å². The minimum Gasteiger partial charge on any atom is -0.276 e. The van der Waals surface area contributed by atoms with E-state index < -0.39 is 6.03 Å². The number of benzene rings is 4. The molecule has 0 unspecified atom stereocenters. The lowest BCUT2D eigenvalue weighted by Gasteiger charge is -2.28. The van der Waals surface area contributed by atoms with Crippen LogP contribution in [-0.4, -0.2) is 22.2 Å². The van der Waals surface area contributed by atoms with Crippen LogP contribution in [0.2, 0.25) is 0 Å². The van der Waals surface area contributed by atoms with Crippen molar-refractivity contribution < 1.29 is 4.79 Å². The average Bonchev–Trinajstić information content (AvgIpc) is 3.27. The normalized spacial score (nSPS) is 14.3. The highest BCUT2D eigenvalue weighted by Crippen LogP contribution is 2.51. The number of aryl methyl sites for hydroxylation is 4. The van der Waals surface area contributed by atoms with Gasteiger partial charge in [-0.25, -0.2) is 14.8 Å². The number of fused-ring (bicyclic) bond motifs is 3. The fraction of sp³-hybridized carbons (Fsp3) is 0.114. The van der Waals surface area contributed by atoms with Gasteiger partial charge in [0.15, 0.2) is 11.6 Å². The van der Waals surface area contributed by atoms with Crippen molar-refractivity contribution in [3.8, 4) is 0 Å². The van der Waals surface area contributed by atoms with Gasteiger partial charge in [0.05, 0.1) is 27.8 Å². The highest BCUT2D eigenvalue weighted by atomic mass is 16.2. The molecule has 0 saturated carbocycles. The third kappa shape index (κ3) is 4.09. The Morgan fingerprint density at radius 3 is 1.69 bits per heavy atom. The number of carbonyl (C=O) groups is 1. The highest BCUT2D eigenvalue weighted by molar-refractivity contribution is 5.96. The van der Waals surface area contributed by atoms with Crippen LogP contribution in [0.5, 0.6) is 0 Å². The molecule has 0 bridgehead atoms. The van der Waals surface area contributed by atoms with Gasteiger partial charge in [-0.05, 0) is 74.2 Å². The molecule has 0 spiro atoms. The van der Waals surface area contributed by atoms with Crippen LogP contribution in [0.15, 0.2) is 101 Å². The summed E-state index contributed by atoms with van der Waals surface area (Å²) in [6.45, 7) is 8.49. The molecular formula is C35H28N6O. The van der Waals surface area contributed by atoms with Crippen molar-refractivity contribution in [2.24, 2.45) is 9.98 Å². The van der Waals surface area contributed by atoms with Gasteiger partial charge in [-0.15, -0.1) is 0 Å². The van der Waals surface area contributed by atoms with Crippen molar-refractivity contribution in [2.75, 3.05) is 9.80 Å². The molecule has 7 heteroatoms. The number of carbonyl (C=O) groups excluding carboxylic acids is 1. The Balaban J connectivity index is 1.59. The van der Waals surface area contributed by atoms with Crippen LogP contribution in [0.4, 0.5) is 27.8 Å². The summed E-state index contributed by atoms with van der Waals surface area (Å²) in [4.78, 5) is 35.0. The van der Waals surface area contributed by atoms with E-state index in [1.165, 1.54) is 0 Å². The first kappa shape index (κ1) is 25.5. The molecule has 5 aromatic rings. The third-order valence-corrected chi connectivity index (χ3v) is 7.77. The van der Waals surface area contributed by atoms with Gasteiger partial charge < -0.3 is 0 Å². The standard InChI is InChI=1S/C35H28N6O/c1-21-10-7-11-22(2)31(21)40-29(19-18-25-14-9-15-26-20-36-35(42)39-30(25)26)41(32-23(3)12-8-13-24(32)4)34-33(40)37-27-16-5-6-17-28(27)38-34/h5-20H,1-4H3/b25-18-. The monoisotopic (exact) mass is 548 g/mol. The summed E-state index contributed by atoms with van der Waals surface area (Å²) in [7, 11) is 0. The largest absolute Gasteiger partial charge is 0.367 e. The molecule has 0 N–H and O–H groups in total. The predicted molar refractivity (Wildman–Crippen MR) is 168 cm³/mol. The number of aromatic nitrogens is 2. The lowest BCUT2D eigenvalue weighted by Crippen LogP contribution is -2.31. The van der Waals surface area contributed by atoms with Gasteiger partial charge in [0, 0.05) is 17.0 Å². The van der Waals surface area contributed by atoms with Crippen molar-refractivity contribution in [2.45, 2.75) is 27.7 Å². The smallest absolute Gasteiger partial charge is 0.276 e. The summed E-state index contributed by atoms with van der Waals surface area (Å²) in [5, 5.41) is 1.44. The second kappa shape index (κ2) is 9.89. The van der Waals surface area contributed by atoms with Gasteiger partial charge >= 0.3 is 6.03 Å². The minimum absolute atomic E-state index is 0.501. The van der Waals surface area contributed by atoms with Gasteiger partial charge in [-0.3, -0.25) is 9.80 Å². The second-order valence-electron chi connectivity index (χ2n) is 10.6. The maximum absolute atomic E-state index is 12.1. The van der Waals surface area contributed by atoms with Crippen LogP contribution in [0, 0.1) is 27.7 Å². The number of hydrogen-bond donors (Lipinski definition) is 0. The molecule has 0 fully saturated rings. The Morgan fingerprint density at radius 1 is 0.619 bits per heavy atom. The zero-order valence-electron chi connectivity index (χ0n) is 23.8. The first-order chi connectivity index (χ1) is 20.4. The summed E-state index contributed by atoms with van der Waals surface area (Å²) in [5.74, 6) is 2.40. The van der Waals surface area contributed by atoms with E-state index in [1.807, 2.05) is 48.5 Å². The summed E-state index contributed by atoms with van der Waals surface area (Å²) in [5.41, 5.74) is 9.07. The van der Waals surface area contributed by atoms with E-state index in [2.05, 4.69) is 90.0 Å². The molecule has 3 heterocycles. The Kier molecular flexibility index (Phi) is 6.01. The van der Waals surface area contributed by atoms with E-state index in [-0.39, 0.29) is 0 Å². The first-order valence-electron chi connectivity index (χ1n) is 13.9. The molecule has 1 aromatic heterocycles.